The second-order valence-corrected chi connectivity index (χ2v) is 4.66. The third kappa shape index (κ3) is 10.0. The molecule has 1 aromatic carbocycles. The zero-order chi connectivity index (χ0) is 15.4. The summed E-state index contributed by atoms with van der Waals surface area (Å²) < 4.78 is 0. The molecule has 1 aromatic rings. The Balaban J connectivity index is 0.000000621. The van der Waals surface area contributed by atoms with E-state index < -0.39 is 0 Å². The molecule has 2 heteroatoms. The van der Waals surface area contributed by atoms with E-state index in [0.29, 0.717) is 6.42 Å². The van der Waals surface area contributed by atoms with Crippen LogP contribution < -0.4 is 0 Å². The summed E-state index contributed by atoms with van der Waals surface area (Å²) >= 11 is 0. The van der Waals surface area contributed by atoms with Crippen LogP contribution in [-0.2, 0) is 16.0 Å². The molecule has 0 amide bonds. The molecule has 2 nitrogen and oxygen atoms in total. The minimum atomic E-state index is -0.0519. The van der Waals surface area contributed by atoms with Crippen molar-refractivity contribution < 1.29 is 9.59 Å². The predicted molar refractivity (Wildman–Crippen MR) is 84.8 cm³/mol. The number of benzene rings is 1. The van der Waals surface area contributed by atoms with E-state index in [4.69, 9.17) is 0 Å². The van der Waals surface area contributed by atoms with Crippen molar-refractivity contribution in [1.29, 1.82) is 0 Å². The van der Waals surface area contributed by atoms with Gasteiger partial charge in [-0.05, 0) is 32.8 Å². The standard InChI is InChI=1S/C13H16O2.C5H8/c1-10-3-5-12(6-4-10)7-8-13(15)9-11(2)14;1-3-5-4-2/h3-6H,7-9H2,1-2H3;3-5H,1H2,2H3/b;5-4-. The van der Waals surface area contributed by atoms with Crippen LogP contribution in [-0.4, -0.2) is 11.6 Å². The van der Waals surface area contributed by atoms with Gasteiger partial charge in [-0.25, -0.2) is 0 Å². The van der Waals surface area contributed by atoms with E-state index in [1.54, 1.807) is 6.08 Å². The number of carbonyl (C=O) groups excluding carboxylic acids is 2. The topological polar surface area (TPSA) is 34.1 Å². The van der Waals surface area contributed by atoms with Gasteiger partial charge in [-0.3, -0.25) is 9.59 Å². The SMILES string of the molecule is C=C/C=C\C.CC(=O)CC(=O)CCc1ccc(C)cc1. The van der Waals surface area contributed by atoms with Crippen molar-refractivity contribution in [3.05, 3.63) is 60.2 Å². The minimum absolute atomic E-state index is 0.0306. The molecule has 0 N–H and O–H groups in total. The van der Waals surface area contributed by atoms with E-state index in [-0.39, 0.29) is 18.0 Å². The fourth-order valence-electron chi connectivity index (χ4n) is 1.54. The lowest BCUT2D eigenvalue weighted by atomic mass is 10.0. The van der Waals surface area contributed by atoms with Crippen LogP contribution >= 0.6 is 0 Å². The summed E-state index contributed by atoms with van der Waals surface area (Å²) in [6, 6.07) is 8.11. The van der Waals surface area contributed by atoms with Crippen LogP contribution in [0.3, 0.4) is 0 Å². The third-order valence-corrected chi connectivity index (χ3v) is 2.59. The van der Waals surface area contributed by atoms with Gasteiger partial charge >= 0.3 is 0 Å². The van der Waals surface area contributed by atoms with Crippen LogP contribution in [0.15, 0.2) is 49.1 Å². The molecule has 0 aromatic heterocycles. The number of ketones is 2. The summed E-state index contributed by atoms with van der Waals surface area (Å²) in [5, 5.41) is 0. The molecule has 0 spiro atoms. The lowest BCUT2D eigenvalue weighted by Gasteiger charge is -2.00. The van der Waals surface area contributed by atoms with Gasteiger partial charge in [-0.1, -0.05) is 54.6 Å². The second kappa shape index (κ2) is 10.9. The van der Waals surface area contributed by atoms with E-state index in [9.17, 15) is 9.59 Å². The van der Waals surface area contributed by atoms with Gasteiger partial charge in [0.2, 0.25) is 0 Å². The molecule has 108 valence electrons. The zero-order valence-electron chi connectivity index (χ0n) is 12.7. The zero-order valence-corrected chi connectivity index (χ0v) is 12.7. The summed E-state index contributed by atoms with van der Waals surface area (Å²) in [5.74, 6) is -0.0213. The Morgan fingerprint density at radius 3 is 2.20 bits per heavy atom. The number of hydrogen-bond acceptors (Lipinski definition) is 2. The predicted octanol–water partition coefficient (Wildman–Crippen LogP) is 4.22. The first-order valence-electron chi connectivity index (χ1n) is 6.80. The summed E-state index contributed by atoms with van der Waals surface area (Å²) in [4.78, 5) is 22.0. The van der Waals surface area contributed by atoms with Crippen LogP contribution in [0.25, 0.3) is 0 Å². The molecule has 0 fully saturated rings. The van der Waals surface area contributed by atoms with Crippen molar-refractivity contribution >= 4 is 11.6 Å². The van der Waals surface area contributed by atoms with Crippen molar-refractivity contribution in [1.82, 2.24) is 0 Å². The van der Waals surface area contributed by atoms with E-state index in [2.05, 4.69) is 6.58 Å². The summed E-state index contributed by atoms with van der Waals surface area (Å²) in [7, 11) is 0. The molecule has 20 heavy (non-hydrogen) atoms. The molecule has 1 rings (SSSR count). The Labute approximate surface area is 122 Å². The molecule has 0 saturated heterocycles. The van der Waals surface area contributed by atoms with Gasteiger partial charge in [-0.2, -0.15) is 0 Å². The summed E-state index contributed by atoms with van der Waals surface area (Å²) in [5.41, 5.74) is 2.37. The maximum atomic E-state index is 11.3. The molecule has 0 bridgehead atoms. The van der Waals surface area contributed by atoms with Gasteiger partial charge in [0.05, 0.1) is 6.42 Å². The molecule has 0 unspecified atom stereocenters. The van der Waals surface area contributed by atoms with Gasteiger partial charge in [0, 0.05) is 6.42 Å². The van der Waals surface area contributed by atoms with Crippen LogP contribution in [0.1, 0.15) is 37.8 Å². The maximum absolute atomic E-state index is 11.3. The summed E-state index contributed by atoms with van der Waals surface area (Å²) in [6.45, 7) is 8.90. The molecule has 0 atom stereocenters. The third-order valence-electron chi connectivity index (χ3n) is 2.59. The highest BCUT2D eigenvalue weighted by molar-refractivity contribution is 5.97. The number of Topliss-reactive ketones (excluding diaryl/α,β-unsaturated/α-hetero) is 2. The maximum Gasteiger partial charge on any atom is 0.140 e. The number of allylic oxidation sites excluding steroid dienone is 3. The van der Waals surface area contributed by atoms with Gasteiger partial charge in [0.1, 0.15) is 11.6 Å². The van der Waals surface area contributed by atoms with Gasteiger partial charge in [-0.15, -0.1) is 0 Å². The van der Waals surface area contributed by atoms with Crippen LogP contribution in [0, 0.1) is 6.92 Å². The minimum Gasteiger partial charge on any atom is -0.300 e. The Kier molecular flexibility index (Phi) is 9.85. The van der Waals surface area contributed by atoms with Crippen molar-refractivity contribution in [2.24, 2.45) is 0 Å². The Hall–Kier alpha value is -1.96. The first-order valence-corrected chi connectivity index (χ1v) is 6.80. The summed E-state index contributed by atoms with van der Waals surface area (Å²) in [6.07, 6.45) is 6.84. The number of rotatable bonds is 6. The van der Waals surface area contributed by atoms with Crippen molar-refractivity contribution in [2.75, 3.05) is 0 Å². The normalized spacial score (nSPS) is 9.75. The molecule has 0 aliphatic rings. The van der Waals surface area contributed by atoms with E-state index in [0.717, 1.165) is 12.0 Å². The molecule has 0 radical (unpaired) electrons. The molecule has 0 saturated carbocycles. The van der Waals surface area contributed by atoms with Crippen LogP contribution in [0.4, 0.5) is 0 Å². The van der Waals surface area contributed by atoms with Gasteiger partial charge < -0.3 is 0 Å². The number of aryl methyl sites for hydroxylation is 2. The Morgan fingerprint density at radius 1 is 1.20 bits per heavy atom. The largest absolute Gasteiger partial charge is 0.300 e. The first kappa shape index (κ1) is 18.0. The van der Waals surface area contributed by atoms with E-state index >= 15 is 0 Å². The number of hydrogen-bond donors (Lipinski definition) is 0. The highest BCUT2D eigenvalue weighted by atomic mass is 16.1. The average molecular weight is 272 g/mol. The molecule has 0 aliphatic heterocycles. The lowest BCUT2D eigenvalue weighted by molar-refractivity contribution is -0.125. The van der Waals surface area contributed by atoms with E-state index in [1.165, 1.54) is 12.5 Å². The van der Waals surface area contributed by atoms with Crippen molar-refractivity contribution in [3.8, 4) is 0 Å². The Bertz CT molecular complexity index is 453. The second-order valence-electron chi connectivity index (χ2n) is 4.66. The first-order chi connectivity index (χ1) is 9.49. The van der Waals surface area contributed by atoms with E-state index in [1.807, 2.05) is 50.3 Å². The Morgan fingerprint density at radius 2 is 1.80 bits per heavy atom. The molecule has 0 aliphatic carbocycles. The average Bonchev–Trinajstić information content (AvgIpc) is 2.39. The smallest absolute Gasteiger partial charge is 0.140 e. The molecular formula is C18H24O2. The fourth-order valence-corrected chi connectivity index (χ4v) is 1.54. The monoisotopic (exact) mass is 272 g/mol. The lowest BCUT2D eigenvalue weighted by Crippen LogP contribution is -2.05. The highest BCUT2D eigenvalue weighted by Crippen LogP contribution is 2.06. The van der Waals surface area contributed by atoms with Gasteiger partial charge in [0.25, 0.3) is 0 Å². The van der Waals surface area contributed by atoms with Crippen molar-refractivity contribution in [3.63, 3.8) is 0 Å². The van der Waals surface area contributed by atoms with Crippen LogP contribution in [0.5, 0.6) is 0 Å². The van der Waals surface area contributed by atoms with Crippen molar-refractivity contribution in [2.45, 2.75) is 40.0 Å². The van der Waals surface area contributed by atoms with Crippen LogP contribution in [0.2, 0.25) is 0 Å². The highest BCUT2D eigenvalue weighted by Gasteiger charge is 2.05. The quantitative estimate of drug-likeness (QED) is 0.574. The number of carbonyl (C=O) groups is 2. The molecule has 0 heterocycles. The fraction of sp³-hybridized carbons (Fsp3) is 0.333. The molecular weight excluding hydrogens is 248 g/mol. The van der Waals surface area contributed by atoms with Gasteiger partial charge in [0.15, 0.2) is 0 Å².